The maximum absolute atomic E-state index is 12.5. The molecule has 4 atom stereocenters. The van der Waals surface area contributed by atoms with E-state index in [1.807, 2.05) is 0 Å². The molecule has 0 bridgehead atoms. The molecule has 3 aliphatic rings. The van der Waals surface area contributed by atoms with Crippen molar-refractivity contribution in [3.05, 3.63) is 12.2 Å². The Labute approximate surface area is 232 Å². The van der Waals surface area contributed by atoms with Gasteiger partial charge >= 0.3 is 6.09 Å². The van der Waals surface area contributed by atoms with Gasteiger partial charge in [-0.2, -0.15) is 0 Å². The smallest absolute Gasteiger partial charge is 0.409 e. The Balaban J connectivity index is 0.00000370. The lowest BCUT2D eigenvalue weighted by Crippen LogP contribution is -2.43. The molecule has 1 aliphatic carbocycles. The van der Waals surface area contributed by atoms with Crippen molar-refractivity contribution >= 4 is 29.0 Å². The second kappa shape index (κ2) is 12.8. The molecule has 14 heteroatoms. The van der Waals surface area contributed by atoms with Gasteiger partial charge in [0.05, 0.1) is 12.9 Å². The number of methoxy groups -OCH3 is 1. The predicted molar refractivity (Wildman–Crippen MR) is 143 cm³/mol. The minimum atomic E-state index is -1.41. The Kier molecular flexibility index (Phi) is 9.41. The first kappa shape index (κ1) is 29.5. The van der Waals surface area contributed by atoms with Crippen molar-refractivity contribution in [2.24, 2.45) is 5.92 Å². The molecule has 14 nitrogen and oxygen atoms in total. The number of fused-ring (bicyclic) bond motifs is 1. The van der Waals surface area contributed by atoms with Gasteiger partial charge in [-0.05, 0) is 37.5 Å². The molecule has 0 aromatic carbocycles. The van der Waals surface area contributed by atoms with Crippen LogP contribution in [0.4, 0.5) is 10.6 Å². The van der Waals surface area contributed by atoms with E-state index in [0.717, 1.165) is 25.7 Å². The molecule has 0 radical (unpaired) electrons. The number of carbonyl (C=O) groups is 2. The van der Waals surface area contributed by atoms with Crippen LogP contribution in [0.1, 0.15) is 51.6 Å². The molecule has 40 heavy (non-hydrogen) atoms. The van der Waals surface area contributed by atoms with Crippen molar-refractivity contribution < 1.29 is 34.0 Å². The monoisotopic (exact) mass is 559 g/mol. The zero-order valence-electron chi connectivity index (χ0n) is 21.7. The van der Waals surface area contributed by atoms with E-state index in [1.54, 1.807) is 12.0 Å². The maximum atomic E-state index is 12.5. The summed E-state index contributed by atoms with van der Waals surface area (Å²) in [5.74, 6) is 6.19. The third-order valence-electron chi connectivity index (χ3n) is 7.12. The summed E-state index contributed by atoms with van der Waals surface area (Å²) in [5, 5.41) is 23.9. The molecule has 5 rings (SSSR count). The third kappa shape index (κ3) is 6.44. The van der Waals surface area contributed by atoms with Gasteiger partial charge in [0.2, 0.25) is 5.82 Å². The largest absolute Gasteiger partial charge is 0.447 e. The highest BCUT2D eigenvalue weighted by Crippen LogP contribution is 2.33. The summed E-state index contributed by atoms with van der Waals surface area (Å²) >= 11 is 0. The van der Waals surface area contributed by atoms with Crippen molar-refractivity contribution in [3.8, 4) is 11.8 Å². The number of aromatic nitrogens is 4. The van der Waals surface area contributed by atoms with Crippen LogP contribution in [-0.4, -0.2) is 104 Å². The molecule has 1 saturated carbocycles. The Morgan fingerprint density at radius 2 is 1.93 bits per heavy atom. The molecule has 2 aromatic rings. The molecule has 4 heterocycles. The van der Waals surface area contributed by atoms with Gasteiger partial charge in [-0.1, -0.05) is 13.3 Å². The topological polar surface area (TPSA) is 187 Å². The lowest BCUT2D eigenvalue weighted by Gasteiger charge is -2.30. The second-order valence-corrected chi connectivity index (χ2v) is 10.0. The maximum Gasteiger partial charge on any atom is 0.409 e. The summed E-state index contributed by atoms with van der Waals surface area (Å²) in [6.07, 6.45) is -0.0919. The van der Waals surface area contributed by atoms with Crippen LogP contribution < -0.4 is 11.1 Å². The van der Waals surface area contributed by atoms with Crippen LogP contribution in [0.25, 0.3) is 11.2 Å². The minimum absolute atomic E-state index is 0. The number of piperidine rings is 1. The first-order valence-corrected chi connectivity index (χ1v) is 13.1. The highest BCUT2D eigenvalue weighted by Gasteiger charge is 2.48. The molecule has 2 aliphatic heterocycles. The lowest BCUT2D eigenvalue weighted by atomic mass is 9.94. The molecule has 1 unspecified atom stereocenters. The second-order valence-electron chi connectivity index (χ2n) is 10.0. The first-order valence-electron chi connectivity index (χ1n) is 13.1. The summed E-state index contributed by atoms with van der Waals surface area (Å²) in [4.78, 5) is 39.2. The Morgan fingerprint density at radius 1 is 1.18 bits per heavy atom. The number of nitrogens with one attached hydrogen (secondary N) is 1. The van der Waals surface area contributed by atoms with Crippen LogP contribution in [0.5, 0.6) is 0 Å². The van der Waals surface area contributed by atoms with Gasteiger partial charge in [0.25, 0.3) is 5.91 Å². The number of rotatable bonds is 7. The molecule has 0 spiro atoms. The number of nitrogens with zero attached hydrogens (tertiary/aromatic N) is 5. The van der Waals surface area contributed by atoms with Gasteiger partial charge in [0.1, 0.15) is 24.3 Å². The highest BCUT2D eigenvalue weighted by atomic mass is 16.6. The fourth-order valence-corrected chi connectivity index (χ4v) is 4.70. The molecule has 2 amide bonds. The summed E-state index contributed by atoms with van der Waals surface area (Å²) in [7, 11) is 1.55. The fraction of sp³-hybridized carbons (Fsp3) is 0.654. The molecular formula is C26H37N7O7. The van der Waals surface area contributed by atoms with E-state index in [-0.39, 0.29) is 43.5 Å². The zero-order chi connectivity index (χ0) is 27.5. The SMILES string of the molecule is C.COCCOC(=O)N1CCC(CC#Cc2nc(N)c3ncn([C@@H]4O[C@H](C(=O)NC5CC5)[C@H](O)C4O)c3n2)CC1. The van der Waals surface area contributed by atoms with E-state index in [2.05, 4.69) is 32.1 Å². The van der Waals surface area contributed by atoms with Crippen molar-refractivity contribution in [2.75, 3.05) is 39.1 Å². The van der Waals surface area contributed by atoms with Gasteiger partial charge in [0, 0.05) is 32.7 Å². The lowest BCUT2D eigenvalue weighted by molar-refractivity contribution is -0.137. The van der Waals surface area contributed by atoms with E-state index in [4.69, 9.17) is 19.9 Å². The van der Waals surface area contributed by atoms with Gasteiger partial charge in [0.15, 0.2) is 23.8 Å². The predicted octanol–water partition coefficient (Wildman–Crippen LogP) is 0.179. The van der Waals surface area contributed by atoms with Crippen molar-refractivity contribution in [2.45, 2.75) is 70.1 Å². The van der Waals surface area contributed by atoms with Crippen molar-refractivity contribution in [1.29, 1.82) is 0 Å². The number of carbonyl (C=O) groups excluding carboxylic acids is 2. The van der Waals surface area contributed by atoms with Gasteiger partial charge in [-0.3, -0.25) is 9.36 Å². The quantitative estimate of drug-likeness (QED) is 0.268. The van der Waals surface area contributed by atoms with Gasteiger partial charge in [-0.15, -0.1) is 0 Å². The third-order valence-corrected chi connectivity index (χ3v) is 7.12. The van der Waals surface area contributed by atoms with Crippen molar-refractivity contribution in [1.82, 2.24) is 29.7 Å². The number of anilines is 1. The van der Waals surface area contributed by atoms with E-state index in [9.17, 15) is 19.8 Å². The van der Waals surface area contributed by atoms with Crippen LogP contribution in [0.2, 0.25) is 0 Å². The molecule has 2 saturated heterocycles. The standard InChI is InChI=1S/C25H33N7O7.CH4/c1-37-11-12-38-25(36)31-9-7-14(8-10-31)3-2-4-16-29-21(26)17-22(30-16)32(13-27-17)24-19(34)18(33)20(39-24)23(35)28-15-5-6-15;/h13-15,18-20,24,33-34H,3,5-12H2,1H3,(H,28,35)(H2,26,29,30);1H4/t18-,19?,20+,24-;/m1./s1. The molecule has 5 N–H and O–H groups in total. The fourth-order valence-electron chi connectivity index (χ4n) is 4.70. The Hall–Kier alpha value is -3.51. The number of amides is 2. The van der Waals surface area contributed by atoms with Crippen LogP contribution >= 0.6 is 0 Å². The number of nitrogens with two attached hydrogens (primary N) is 1. The van der Waals surface area contributed by atoms with Crippen LogP contribution in [-0.2, 0) is 19.0 Å². The van der Waals surface area contributed by atoms with E-state index >= 15 is 0 Å². The number of hydrogen-bond donors (Lipinski definition) is 4. The van der Waals surface area contributed by atoms with E-state index in [0.29, 0.717) is 37.6 Å². The molecule has 218 valence electrons. The Bertz CT molecular complexity index is 1260. The number of aliphatic hydroxyl groups excluding tert-OH is 2. The number of imidazole rings is 1. The van der Waals surface area contributed by atoms with E-state index in [1.165, 1.54) is 10.9 Å². The normalized spacial score (nSPS) is 24.7. The van der Waals surface area contributed by atoms with Crippen LogP contribution in [0.3, 0.4) is 0 Å². The van der Waals surface area contributed by atoms with Gasteiger partial charge in [-0.25, -0.2) is 19.7 Å². The van der Waals surface area contributed by atoms with Gasteiger partial charge < -0.3 is 40.4 Å². The number of nitrogen functional groups attached to an aromatic ring is 1. The number of aliphatic hydroxyl groups is 2. The average molecular weight is 560 g/mol. The zero-order valence-corrected chi connectivity index (χ0v) is 21.7. The highest BCUT2D eigenvalue weighted by molar-refractivity contribution is 5.83. The summed E-state index contributed by atoms with van der Waals surface area (Å²) in [5.41, 5.74) is 6.66. The number of likely N-dealkylation sites (tertiary alicyclic amines) is 1. The molecule has 3 fully saturated rings. The average Bonchev–Trinajstić information content (AvgIpc) is 3.56. The van der Waals surface area contributed by atoms with E-state index < -0.39 is 30.4 Å². The summed E-state index contributed by atoms with van der Waals surface area (Å²) in [6.45, 7) is 1.80. The minimum Gasteiger partial charge on any atom is -0.447 e. The molecular weight excluding hydrogens is 522 g/mol. The summed E-state index contributed by atoms with van der Waals surface area (Å²) in [6, 6.07) is 0.0855. The molecule has 2 aromatic heterocycles. The number of ether oxygens (including phenoxy) is 3. The summed E-state index contributed by atoms with van der Waals surface area (Å²) < 4.78 is 17.2. The van der Waals surface area contributed by atoms with Crippen LogP contribution in [0, 0.1) is 17.8 Å². The Morgan fingerprint density at radius 3 is 2.62 bits per heavy atom. The van der Waals surface area contributed by atoms with Crippen molar-refractivity contribution in [3.63, 3.8) is 0 Å². The first-order chi connectivity index (χ1) is 18.9. The number of hydrogen-bond acceptors (Lipinski definition) is 11. The van der Waals surface area contributed by atoms with Crippen LogP contribution in [0.15, 0.2) is 6.33 Å².